The number of nitrogens with one attached hydrogen (secondary N) is 4. The third-order valence-corrected chi connectivity index (χ3v) is 9.13. The minimum absolute atomic E-state index is 0.00123. The van der Waals surface area contributed by atoms with Crippen LogP contribution in [-0.2, 0) is 35.2 Å². The number of aliphatic hydroxyl groups excluding tert-OH is 1. The summed E-state index contributed by atoms with van der Waals surface area (Å²) in [6.07, 6.45) is 1.21. The molecule has 0 saturated carbocycles. The molecule has 0 radical (unpaired) electrons. The molecule has 1 aliphatic heterocycles. The van der Waals surface area contributed by atoms with Crippen molar-refractivity contribution in [1.82, 2.24) is 26.2 Å². The maximum Gasteiger partial charge on any atom is 0.326 e. The lowest BCUT2D eigenvalue weighted by atomic mass is 9.97. The van der Waals surface area contributed by atoms with E-state index >= 15 is 0 Å². The van der Waals surface area contributed by atoms with Crippen LogP contribution in [0.4, 0.5) is 0 Å². The number of ether oxygens (including phenoxy) is 1. The predicted molar refractivity (Wildman–Crippen MR) is 195 cm³/mol. The van der Waals surface area contributed by atoms with Gasteiger partial charge >= 0.3 is 11.9 Å². The van der Waals surface area contributed by atoms with Gasteiger partial charge in [-0.2, -0.15) is 0 Å². The van der Waals surface area contributed by atoms with Gasteiger partial charge in [-0.3, -0.25) is 28.8 Å². The van der Waals surface area contributed by atoms with Gasteiger partial charge in [0.1, 0.15) is 41.7 Å². The van der Waals surface area contributed by atoms with Crippen LogP contribution in [0.3, 0.4) is 0 Å². The Bertz CT molecular complexity index is 1660. The molecule has 16 heteroatoms. The van der Waals surface area contributed by atoms with Crippen molar-refractivity contribution in [3.05, 3.63) is 59.7 Å². The molecule has 0 unspecified atom stereocenters. The normalized spacial score (nSPS) is 16.6. The van der Waals surface area contributed by atoms with Crippen LogP contribution in [0.15, 0.2) is 48.5 Å². The molecule has 2 aromatic carbocycles. The van der Waals surface area contributed by atoms with Crippen molar-refractivity contribution >= 4 is 41.5 Å². The molecule has 1 fully saturated rings. The summed E-state index contributed by atoms with van der Waals surface area (Å²) in [6.45, 7) is 7.58. The molecule has 1 aliphatic rings. The molecule has 2 aromatic rings. The third-order valence-electron chi connectivity index (χ3n) is 9.13. The second-order valence-electron chi connectivity index (χ2n) is 13.8. The van der Waals surface area contributed by atoms with E-state index < -0.39 is 84.2 Å². The molecule has 7 N–H and O–H groups in total. The summed E-state index contributed by atoms with van der Waals surface area (Å²) in [5.41, 5.74) is 0.595. The highest BCUT2D eigenvalue weighted by Crippen LogP contribution is 2.23. The van der Waals surface area contributed by atoms with Gasteiger partial charge in [-0.05, 0) is 60.9 Å². The average Bonchev–Trinajstić information content (AvgIpc) is 3.62. The molecular weight excluding hydrogens is 702 g/mol. The fourth-order valence-corrected chi connectivity index (χ4v) is 6.08. The second kappa shape index (κ2) is 20.1. The number of benzene rings is 2. The lowest BCUT2D eigenvalue weighted by Gasteiger charge is -2.31. The van der Waals surface area contributed by atoms with Crippen LogP contribution >= 0.6 is 0 Å². The minimum Gasteiger partial charge on any atom is -0.508 e. The van der Waals surface area contributed by atoms with Gasteiger partial charge < -0.3 is 46.2 Å². The van der Waals surface area contributed by atoms with Gasteiger partial charge in [0.15, 0.2) is 0 Å². The van der Waals surface area contributed by atoms with Crippen molar-refractivity contribution in [2.24, 2.45) is 11.8 Å². The summed E-state index contributed by atoms with van der Waals surface area (Å²) in [5, 5.41) is 39.5. The Morgan fingerprint density at radius 2 is 1.52 bits per heavy atom. The standard InChI is InChI=1S/C38H51N5O11/c1-6-22(4)32(36(50)41-29(20-44)34(48)40-28(38(52)53)18-21(2)3)42-35(49)30-11-9-17-43(30)37(51)27(19-24-13-15-25(46)16-14-24)39-33(47)26-10-7-8-12-31(26)54-23(5)45/h7-8,10,12-16,21-22,27-30,32,44,46H,6,9,11,17-20H2,1-5H3,(H,39,47)(H,40,48)(H,41,50)(H,42,49)(H,52,53)/t22-,27-,28-,29-,30-,32-/m0/s1. The number of carboxylic acids is 1. The Balaban J connectivity index is 1.83. The number of esters is 1. The number of para-hydroxylation sites is 1. The summed E-state index contributed by atoms with van der Waals surface area (Å²) in [6, 6.07) is 5.87. The largest absolute Gasteiger partial charge is 0.508 e. The molecule has 294 valence electrons. The first-order valence-corrected chi connectivity index (χ1v) is 18.0. The maximum atomic E-state index is 14.2. The average molecular weight is 754 g/mol. The van der Waals surface area contributed by atoms with Crippen molar-refractivity contribution in [2.75, 3.05) is 13.2 Å². The topological polar surface area (TPSA) is 241 Å². The third kappa shape index (κ3) is 12.0. The molecular formula is C38H51N5O11. The SMILES string of the molecule is CC[C@H](C)[C@H](NC(=O)[C@@H]1CCCN1C(=O)[C@H](Cc1ccc(O)cc1)NC(=O)c1ccccc1OC(C)=O)C(=O)N[C@@H](CO)C(=O)N[C@@H](CC(C)C)C(=O)O. The monoisotopic (exact) mass is 753 g/mol. The van der Waals surface area contributed by atoms with E-state index in [-0.39, 0.29) is 48.8 Å². The van der Waals surface area contributed by atoms with Gasteiger partial charge in [-0.25, -0.2) is 4.79 Å². The van der Waals surface area contributed by atoms with Crippen LogP contribution in [0, 0.1) is 11.8 Å². The molecule has 0 spiro atoms. The second-order valence-corrected chi connectivity index (χ2v) is 13.8. The number of carbonyl (C=O) groups excluding carboxylic acids is 6. The van der Waals surface area contributed by atoms with E-state index in [0.29, 0.717) is 18.4 Å². The van der Waals surface area contributed by atoms with Crippen LogP contribution < -0.4 is 26.0 Å². The summed E-state index contributed by atoms with van der Waals surface area (Å²) in [7, 11) is 0. The summed E-state index contributed by atoms with van der Waals surface area (Å²) in [4.78, 5) is 92.8. The first-order valence-electron chi connectivity index (χ1n) is 18.0. The van der Waals surface area contributed by atoms with E-state index in [9.17, 15) is 48.9 Å². The number of hydrogen-bond acceptors (Lipinski definition) is 10. The molecule has 0 aliphatic carbocycles. The van der Waals surface area contributed by atoms with Crippen molar-refractivity contribution in [1.29, 1.82) is 0 Å². The number of rotatable bonds is 18. The number of aliphatic hydroxyl groups is 1. The highest BCUT2D eigenvalue weighted by Gasteiger charge is 2.40. The zero-order valence-corrected chi connectivity index (χ0v) is 31.2. The zero-order chi connectivity index (χ0) is 40.1. The van der Waals surface area contributed by atoms with E-state index in [2.05, 4.69) is 21.3 Å². The molecule has 0 aromatic heterocycles. The summed E-state index contributed by atoms with van der Waals surface area (Å²) in [5.74, 6) is -6.10. The van der Waals surface area contributed by atoms with E-state index in [1.165, 1.54) is 36.1 Å². The Hall–Kier alpha value is -5.51. The first-order chi connectivity index (χ1) is 25.6. The van der Waals surface area contributed by atoms with Crippen LogP contribution in [0.25, 0.3) is 0 Å². The van der Waals surface area contributed by atoms with Gasteiger partial charge in [0.05, 0.1) is 12.2 Å². The van der Waals surface area contributed by atoms with E-state index in [1.54, 1.807) is 52.0 Å². The first kappa shape index (κ1) is 42.9. The van der Waals surface area contributed by atoms with Crippen molar-refractivity contribution in [3.63, 3.8) is 0 Å². The minimum atomic E-state index is -1.50. The quantitative estimate of drug-likeness (QED) is 0.0845. The molecule has 16 nitrogen and oxygen atoms in total. The smallest absolute Gasteiger partial charge is 0.326 e. The Morgan fingerprint density at radius 1 is 0.870 bits per heavy atom. The highest BCUT2D eigenvalue weighted by atomic mass is 16.5. The van der Waals surface area contributed by atoms with E-state index in [4.69, 9.17) is 4.74 Å². The van der Waals surface area contributed by atoms with Gasteiger partial charge in [-0.1, -0.05) is 58.4 Å². The fraction of sp³-hybridized carbons (Fsp3) is 0.500. The molecule has 0 bridgehead atoms. The van der Waals surface area contributed by atoms with Gasteiger partial charge in [0.2, 0.25) is 23.6 Å². The number of hydrogen-bond donors (Lipinski definition) is 7. The lowest BCUT2D eigenvalue weighted by molar-refractivity contribution is -0.143. The van der Waals surface area contributed by atoms with Gasteiger partial charge in [0.25, 0.3) is 5.91 Å². The van der Waals surface area contributed by atoms with Gasteiger partial charge in [0, 0.05) is 19.9 Å². The van der Waals surface area contributed by atoms with E-state index in [0.717, 1.165) is 0 Å². The highest BCUT2D eigenvalue weighted by molar-refractivity contribution is 6.01. The van der Waals surface area contributed by atoms with Crippen LogP contribution in [-0.4, -0.2) is 105 Å². The molecule has 1 saturated heterocycles. The van der Waals surface area contributed by atoms with Crippen molar-refractivity contribution < 1.29 is 53.6 Å². The molecule has 6 atom stereocenters. The van der Waals surface area contributed by atoms with Crippen molar-refractivity contribution in [2.45, 2.75) is 96.9 Å². The summed E-state index contributed by atoms with van der Waals surface area (Å²) < 4.78 is 5.19. The number of nitrogens with zero attached hydrogens (tertiary/aromatic N) is 1. The number of phenolic OH excluding ortho intramolecular Hbond substituents is 1. The lowest BCUT2D eigenvalue weighted by Crippen LogP contribution is -2.60. The number of aromatic hydroxyl groups is 1. The Morgan fingerprint density at radius 3 is 2.11 bits per heavy atom. The molecule has 1 heterocycles. The van der Waals surface area contributed by atoms with Crippen molar-refractivity contribution in [3.8, 4) is 11.5 Å². The number of carboxylic acid groups (broad SMARTS) is 1. The Kier molecular flexibility index (Phi) is 16.0. The van der Waals surface area contributed by atoms with Crippen LogP contribution in [0.5, 0.6) is 11.5 Å². The maximum absolute atomic E-state index is 14.2. The Labute approximate surface area is 314 Å². The number of likely N-dealkylation sites (tertiary alicyclic amines) is 1. The molecule has 3 rings (SSSR count). The molecule has 5 amide bonds. The predicted octanol–water partition coefficient (Wildman–Crippen LogP) is 1.27. The molecule has 54 heavy (non-hydrogen) atoms. The van der Waals surface area contributed by atoms with Gasteiger partial charge in [-0.15, -0.1) is 0 Å². The van der Waals surface area contributed by atoms with Crippen LogP contribution in [0.2, 0.25) is 0 Å². The zero-order valence-electron chi connectivity index (χ0n) is 31.2. The number of amides is 5. The number of carbonyl (C=O) groups is 7. The number of aliphatic carboxylic acids is 1. The number of phenols is 1. The summed E-state index contributed by atoms with van der Waals surface area (Å²) >= 11 is 0. The van der Waals surface area contributed by atoms with Crippen LogP contribution in [0.1, 0.15) is 76.2 Å². The fourth-order valence-electron chi connectivity index (χ4n) is 6.08. The van der Waals surface area contributed by atoms with E-state index in [1.807, 2.05) is 0 Å².